The second-order valence-electron chi connectivity index (χ2n) is 5.47. The molecule has 0 saturated heterocycles. The topological polar surface area (TPSA) is 76.0 Å². The van der Waals surface area contributed by atoms with Gasteiger partial charge in [-0.05, 0) is 43.4 Å². The quantitative estimate of drug-likeness (QED) is 0.932. The molecule has 2 aromatic heterocycles. The van der Waals surface area contributed by atoms with E-state index >= 15 is 0 Å². The molecule has 2 heterocycles. The van der Waals surface area contributed by atoms with Crippen LogP contribution >= 0.6 is 0 Å². The van der Waals surface area contributed by atoms with Gasteiger partial charge in [-0.15, -0.1) is 0 Å². The summed E-state index contributed by atoms with van der Waals surface area (Å²) in [6, 6.07) is 3.91. The zero-order valence-electron chi connectivity index (χ0n) is 11.9. The van der Waals surface area contributed by atoms with E-state index < -0.39 is 5.97 Å². The van der Waals surface area contributed by atoms with Crippen LogP contribution in [0, 0.1) is 12.8 Å². The molecule has 21 heavy (non-hydrogen) atoms. The molecular formula is C16H17N3O2. The van der Waals surface area contributed by atoms with E-state index in [0.717, 1.165) is 34.8 Å². The van der Waals surface area contributed by atoms with E-state index in [9.17, 15) is 4.79 Å². The normalized spacial score (nSPS) is 17.3. The van der Waals surface area contributed by atoms with E-state index in [1.165, 1.54) is 0 Å². The Bertz CT molecular complexity index is 671. The first-order chi connectivity index (χ1) is 10.1. The molecule has 0 radical (unpaired) electrons. The minimum absolute atomic E-state index is 0.302. The number of nitrogens with zero attached hydrogens (tertiary/aromatic N) is 3. The summed E-state index contributed by atoms with van der Waals surface area (Å²) in [5, 5.41) is 9.16. The Balaban J connectivity index is 1.87. The summed E-state index contributed by atoms with van der Waals surface area (Å²) in [7, 11) is 0. The lowest BCUT2D eigenvalue weighted by Gasteiger charge is -2.22. The third-order valence-electron chi connectivity index (χ3n) is 3.96. The lowest BCUT2D eigenvalue weighted by atomic mass is 9.86. The van der Waals surface area contributed by atoms with Gasteiger partial charge in [-0.1, -0.05) is 6.07 Å². The molecule has 5 heteroatoms. The highest BCUT2D eigenvalue weighted by atomic mass is 16.4. The summed E-state index contributed by atoms with van der Waals surface area (Å²) >= 11 is 0. The van der Waals surface area contributed by atoms with Crippen LogP contribution in [0.15, 0.2) is 24.5 Å². The molecule has 1 unspecified atom stereocenters. The van der Waals surface area contributed by atoms with Crippen LogP contribution in [0.25, 0.3) is 0 Å². The molecule has 0 aliphatic heterocycles. The fourth-order valence-electron chi connectivity index (χ4n) is 2.82. The van der Waals surface area contributed by atoms with E-state index in [-0.39, 0.29) is 5.92 Å². The number of fused-ring (bicyclic) bond motifs is 1. The molecule has 3 rings (SSSR count). The monoisotopic (exact) mass is 283 g/mol. The molecule has 0 spiro atoms. The number of carboxylic acid groups (broad SMARTS) is 1. The fraction of sp³-hybridized carbons (Fsp3) is 0.375. The number of carboxylic acids is 1. The molecule has 1 atom stereocenters. The van der Waals surface area contributed by atoms with Crippen molar-refractivity contribution in [1.29, 1.82) is 0 Å². The summed E-state index contributed by atoms with van der Waals surface area (Å²) in [5.74, 6) is -0.239. The number of rotatable bonds is 3. The smallest absolute Gasteiger partial charge is 0.306 e. The molecule has 0 fully saturated rings. The Morgan fingerprint density at radius 2 is 2.29 bits per heavy atom. The van der Waals surface area contributed by atoms with Crippen LogP contribution in [0.4, 0.5) is 0 Å². The van der Waals surface area contributed by atoms with Crippen molar-refractivity contribution in [1.82, 2.24) is 15.0 Å². The van der Waals surface area contributed by atoms with Crippen molar-refractivity contribution in [3.63, 3.8) is 0 Å². The number of hydrogen-bond acceptors (Lipinski definition) is 4. The molecule has 2 aromatic rings. The van der Waals surface area contributed by atoms with Crippen molar-refractivity contribution < 1.29 is 9.90 Å². The van der Waals surface area contributed by atoms with Crippen LogP contribution in [0.2, 0.25) is 0 Å². The predicted molar refractivity (Wildman–Crippen MR) is 77.0 cm³/mol. The van der Waals surface area contributed by atoms with Crippen LogP contribution < -0.4 is 0 Å². The third kappa shape index (κ3) is 2.91. The third-order valence-corrected chi connectivity index (χ3v) is 3.96. The summed E-state index contributed by atoms with van der Waals surface area (Å²) in [4.78, 5) is 24.4. The van der Waals surface area contributed by atoms with Crippen LogP contribution in [-0.2, 0) is 24.1 Å². The second kappa shape index (κ2) is 5.60. The van der Waals surface area contributed by atoms with Gasteiger partial charge in [0, 0.05) is 30.2 Å². The van der Waals surface area contributed by atoms with Crippen LogP contribution in [-0.4, -0.2) is 26.0 Å². The van der Waals surface area contributed by atoms with Gasteiger partial charge in [0.05, 0.1) is 5.92 Å². The number of aromatic nitrogens is 3. The average Bonchev–Trinajstić information content (AvgIpc) is 2.48. The van der Waals surface area contributed by atoms with E-state index in [1.807, 2.05) is 25.3 Å². The maximum absolute atomic E-state index is 11.1. The van der Waals surface area contributed by atoms with E-state index in [0.29, 0.717) is 19.3 Å². The van der Waals surface area contributed by atoms with Crippen molar-refractivity contribution in [3.05, 3.63) is 52.9 Å². The standard InChI is InChI=1S/C16H17N3O2/c1-10-13-8-12(16(20)21)4-5-14(13)19-15(18-10)7-11-3-2-6-17-9-11/h2-3,6,9,12H,4-5,7-8H2,1H3,(H,20,21). The Morgan fingerprint density at radius 3 is 3.00 bits per heavy atom. The highest BCUT2D eigenvalue weighted by Gasteiger charge is 2.27. The molecule has 1 aliphatic rings. The van der Waals surface area contributed by atoms with Gasteiger partial charge >= 0.3 is 5.97 Å². The first kappa shape index (κ1) is 13.7. The minimum Gasteiger partial charge on any atom is -0.481 e. The number of aliphatic carboxylic acids is 1. The van der Waals surface area contributed by atoms with Crippen LogP contribution in [0.3, 0.4) is 0 Å². The molecule has 0 aromatic carbocycles. The maximum Gasteiger partial charge on any atom is 0.306 e. The van der Waals surface area contributed by atoms with Crippen LogP contribution in [0.5, 0.6) is 0 Å². The van der Waals surface area contributed by atoms with Crippen LogP contribution in [0.1, 0.15) is 34.8 Å². The Kier molecular flexibility index (Phi) is 3.64. The first-order valence-electron chi connectivity index (χ1n) is 7.10. The SMILES string of the molecule is Cc1nc(Cc2cccnc2)nc2c1CC(C(=O)O)CC2. The van der Waals surface area contributed by atoms with Crippen molar-refractivity contribution in [2.24, 2.45) is 5.92 Å². The molecule has 1 N–H and O–H groups in total. The average molecular weight is 283 g/mol. The minimum atomic E-state index is -0.723. The number of hydrogen-bond donors (Lipinski definition) is 1. The zero-order valence-corrected chi connectivity index (χ0v) is 11.9. The molecular weight excluding hydrogens is 266 g/mol. The predicted octanol–water partition coefficient (Wildman–Crippen LogP) is 1.96. The fourth-order valence-corrected chi connectivity index (χ4v) is 2.82. The molecule has 5 nitrogen and oxygen atoms in total. The Hall–Kier alpha value is -2.30. The van der Waals surface area contributed by atoms with Crippen molar-refractivity contribution >= 4 is 5.97 Å². The lowest BCUT2D eigenvalue weighted by molar-refractivity contribution is -0.142. The molecule has 108 valence electrons. The van der Waals surface area contributed by atoms with Gasteiger partial charge in [-0.25, -0.2) is 9.97 Å². The lowest BCUT2D eigenvalue weighted by Crippen LogP contribution is -2.24. The zero-order chi connectivity index (χ0) is 14.8. The number of pyridine rings is 1. The highest BCUT2D eigenvalue weighted by Crippen LogP contribution is 2.26. The van der Waals surface area contributed by atoms with Crippen molar-refractivity contribution in [3.8, 4) is 0 Å². The second-order valence-corrected chi connectivity index (χ2v) is 5.47. The first-order valence-corrected chi connectivity index (χ1v) is 7.10. The summed E-state index contributed by atoms with van der Waals surface area (Å²) in [6.07, 6.45) is 6.14. The van der Waals surface area contributed by atoms with Gasteiger partial charge < -0.3 is 5.11 Å². The van der Waals surface area contributed by atoms with Gasteiger partial charge in [-0.2, -0.15) is 0 Å². The summed E-state index contributed by atoms with van der Waals surface area (Å²) < 4.78 is 0. The maximum atomic E-state index is 11.1. The van der Waals surface area contributed by atoms with Gasteiger partial charge in [-0.3, -0.25) is 9.78 Å². The number of aryl methyl sites for hydroxylation is 2. The molecule has 1 aliphatic carbocycles. The van der Waals surface area contributed by atoms with E-state index in [4.69, 9.17) is 5.11 Å². The largest absolute Gasteiger partial charge is 0.481 e. The van der Waals surface area contributed by atoms with Gasteiger partial charge in [0.25, 0.3) is 0 Å². The summed E-state index contributed by atoms with van der Waals surface area (Å²) in [6.45, 7) is 1.94. The molecule has 0 amide bonds. The Labute approximate surface area is 123 Å². The van der Waals surface area contributed by atoms with Gasteiger partial charge in [0.2, 0.25) is 0 Å². The summed E-state index contributed by atoms with van der Waals surface area (Å²) in [5.41, 5.74) is 4.02. The number of carbonyl (C=O) groups is 1. The van der Waals surface area contributed by atoms with Crippen molar-refractivity contribution in [2.75, 3.05) is 0 Å². The van der Waals surface area contributed by atoms with Gasteiger partial charge in [0.1, 0.15) is 5.82 Å². The molecule has 0 saturated carbocycles. The van der Waals surface area contributed by atoms with Crippen molar-refractivity contribution in [2.45, 2.75) is 32.6 Å². The van der Waals surface area contributed by atoms with Gasteiger partial charge in [0.15, 0.2) is 0 Å². The van der Waals surface area contributed by atoms with E-state index in [1.54, 1.807) is 6.20 Å². The Morgan fingerprint density at radius 1 is 1.43 bits per heavy atom. The highest BCUT2D eigenvalue weighted by molar-refractivity contribution is 5.71. The molecule has 0 bridgehead atoms. The van der Waals surface area contributed by atoms with E-state index in [2.05, 4.69) is 15.0 Å².